The van der Waals surface area contributed by atoms with Crippen LogP contribution in [0.2, 0.25) is 0 Å². The van der Waals surface area contributed by atoms with Gasteiger partial charge in [0, 0.05) is 12.1 Å². The van der Waals surface area contributed by atoms with Crippen molar-refractivity contribution in [2.75, 3.05) is 5.73 Å². The molecule has 17 heavy (non-hydrogen) atoms. The summed E-state index contributed by atoms with van der Waals surface area (Å²) in [6.07, 6.45) is 0.537. The maximum absolute atomic E-state index is 11.1. The molecule has 0 atom stereocenters. The molecule has 2 rings (SSSR count). The van der Waals surface area contributed by atoms with Crippen LogP contribution in [-0.2, 0) is 6.42 Å². The number of nitrogens with two attached hydrogens (primary N) is 1. The molecule has 3 heteroatoms. The van der Waals surface area contributed by atoms with Gasteiger partial charge in [-0.2, -0.15) is 0 Å². The molecule has 0 bridgehead atoms. The second-order valence-corrected chi connectivity index (χ2v) is 3.84. The minimum Gasteiger partial charge on any atom is -0.478 e. The molecular formula is C14H13NO2. The summed E-state index contributed by atoms with van der Waals surface area (Å²) in [4.78, 5) is 11.1. The first-order valence-electron chi connectivity index (χ1n) is 5.33. The van der Waals surface area contributed by atoms with Crippen molar-refractivity contribution in [2.45, 2.75) is 6.42 Å². The van der Waals surface area contributed by atoms with Crippen LogP contribution in [0.3, 0.4) is 0 Å². The van der Waals surface area contributed by atoms with Crippen molar-refractivity contribution in [1.82, 2.24) is 0 Å². The maximum atomic E-state index is 11.1. The fraction of sp³-hybridized carbons (Fsp3) is 0.0714. The smallest absolute Gasteiger partial charge is 0.335 e. The minimum atomic E-state index is -0.907. The molecule has 3 nitrogen and oxygen atoms in total. The topological polar surface area (TPSA) is 63.3 Å². The molecule has 0 saturated carbocycles. The normalized spacial score (nSPS) is 10.1. The van der Waals surface area contributed by atoms with Crippen molar-refractivity contribution in [3.05, 3.63) is 65.2 Å². The highest BCUT2D eigenvalue weighted by Crippen LogP contribution is 2.18. The van der Waals surface area contributed by atoms with Gasteiger partial charge >= 0.3 is 5.97 Å². The Labute approximate surface area is 99.5 Å². The van der Waals surface area contributed by atoms with Crippen molar-refractivity contribution in [1.29, 1.82) is 0 Å². The number of carboxylic acids is 1. The van der Waals surface area contributed by atoms with Gasteiger partial charge in [0.2, 0.25) is 0 Å². The summed E-state index contributed by atoms with van der Waals surface area (Å²) in [6.45, 7) is 0. The van der Waals surface area contributed by atoms with Gasteiger partial charge in [0.05, 0.1) is 5.56 Å². The van der Waals surface area contributed by atoms with Crippen LogP contribution < -0.4 is 5.73 Å². The van der Waals surface area contributed by atoms with E-state index in [9.17, 15) is 4.79 Å². The Morgan fingerprint density at radius 1 is 1.00 bits per heavy atom. The molecule has 0 saturated heterocycles. The molecule has 0 radical (unpaired) electrons. The Morgan fingerprint density at radius 3 is 2.24 bits per heavy atom. The van der Waals surface area contributed by atoms with Crippen molar-refractivity contribution >= 4 is 11.7 Å². The summed E-state index contributed by atoms with van der Waals surface area (Å²) in [6, 6.07) is 14.5. The van der Waals surface area contributed by atoms with E-state index in [2.05, 4.69) is 0 Å². The highest BCUT2D eigenvalue weighted by molar-refractivity contribution is 5.89. The van der Waals surface area contributed by atoms with E-state index in [0.717, 1.165) is 11.1 Å². The third kappa shape index (κ3) is 2.45. The molecule has 2 aromatic carbocycles. The largest absolute Gasteiger partial charge is 0.478 e. The van der Waals surface area contributed by atoms with Crippen LogP contribution in [0.25, 0.3) is 0 Å². The van der Waals surface area contributed by atoms with Crippen molar-refractivity contribution in [2.24, 2.45) is 0 Å². The van der Waals surface area contributed by atoms with Crippen LogP contribution in [0.5, 0.6) is 0 Å². The van der Waals surface area contributed by atoms with E-state index in [1.165, 1.54) is 0 Å². The van der Waals surface area contributed by atoms with Gasteiger partial charge in [0.15, 0.2) is 0 Å². The SMILES string of the molecule is Nc1ccccc1Cc1ccccc1C(=O)O. The molecule has 3 N–H and O–H groups in total. The molecule has 0 amide bonds. The first-order chi connectivity index (χ1) is 8.18. The molecule has 0 fully saturated rings. The first-order valence-corrected chi connectivity index (χ1v) is 5.33. The van der Waals surface area contributed by atoms with Gasteiger partial charge in [0.25, 0.3) is 0 Å². The molecular weight excluding hydrogens is 214 g/mol. The molecule has 0 aliphatic rings. The van der Waals surface area contributed by atoms with Crippen LogP contribution >= 0.6 is 0 Å². The summed E-state index contributed by atoms with van der Waals surface area (Å²) in [5.74, 6) is -0.907. The Bertz CT molecular complexity index is 549. The third-order valence-corrected chi connectivity index (χ3v) is 2.68. The molecule has 0 unspecified atom stereocenters. The second kappa shape index (κ2) is 4.70. The number of aromatic carboxylic acids is 1. The van der Waals surface area contributed by atoms with E-state index >= 15 is 0 Å². The lowest BCUT2D eigenvalue weighted by molar-refractivity contribution is 0.0696. The molecule has 2 aromatic rings. The predicted molar refractivity (Wildman–Crippen MR) is 67.1 cm³/mol. The summed E-state index contributed by atoms with van der Waals surface area (Å²) < 4.78 is 0. The van der Waals surface area contributed by atoms with Crippen LogP contribution in [0.1, 0.15) is 21.5 Å². The quantitative estimate of drug-likeness (QED) is 0.792. The fourth-order valence-corrected chi connectivity index (χ4v) is 1.78. The molecule has 0 heterocycles. The van der Waals surface area contributed by atoms with Gasteiger partial charge in [0.1, 0.15) is 0 Å². The molecule has 0 aliphatic heterocycles. The Morgan fingerprint density at radius 2 is 1.59 bits per heavy atom. The highest BCUT2D eigenvalue weighted by atomic mass is 16.4. The van der Waals surface area contributed by atoms with Gasteiger partial charge < -0.3 is 10.8 Å². The zero-order chi connectivity index (χ0) is 12.3. The summed E-state index contributed by atoms with van der Waals surface area (Å²) in [5.41, 5.74) is 8.59. The van der Waals surface area contributed by atoms with Gasteiger partial charge in [-0.15, -0.1) is 0 Å². The summed E-state index contributed by atoms with van der Waals surface area (Å²) in [7, 11) is 0. The molecule has 0 spiro atoms. The van der Waals surface area contributed by atoms with E-state index in [0.29, 0.717) is 17.7 Å². The molecule has 86 valence electrons. The van der Waals surface area contributed by atoms with E-state index < -0.39 is 5.97 Å². The van der Waals surface area contributed by atoms with Crippen molar-refractivity contribution in [3.63, 3.8) is 0 Å². The summed E-state index contributed by atoms with van der Waals surface area (Å²) in [5, 5.41) is 9.08. The number of carbonyl (C=O) groups is 1. The standard InChI is InChI=1S/C14H13NO2/c15-13-8-4-2-6-11(13)9-10-5-1-3-7-12(10)14(16)17/h1-8H,9,15H2,(H,16,17). The Balaban J connectivity index is 2.37. The van der Waals surface area contributed by atoms with Crippen LogP contribution in [0, 0.1) is 0 Å². The molecule has 0 aliphatic carbocycles. The number of hydrogen-bond acceptors (Lipinski definition) is 2. The average molecular weight is 227 g/mol. The lowest BCUT2D eigenvalue weighted by Gasteiger charge is -2.08. The number of benzene rings is 2. The third-order valence-electron chi connectivity index (χ3n) is 2.68. The van der Waals surface area contributed by atoms with Crippen molar-refractivity contribution in [3.8, 4) is 0 Å². The van der Waals surface area contributed by atoms with Crippen LogP contribution in [0.4, 0.5) is 5.69 Å². The number of anilines is 1. The van der Waals surface area contributed by atoms with Crippen LogP contribution in [0.15, 0.2) is 48.5 Å². The average Bonchev–Trinajstić information content (AvgIpc) is 2.32. The van der Waals surface area contributed by atoms with E-state index in [1.807, 2.05) is 36.4 Å². The Kier molecular flexibility index (Phi) is 3.10. The van der Waals surface area contributed by atoms with Gasteiger partial charge in [-0.1, -0.05) is 36.4 Å². The predicted octanol–water partition coefficient (Wildman–Crippen LogP) is 2.56. The van der Waals surface area contributed by atoms with E-state index in [1.54, 1.807) is 12.1 Å². The monoisotopic (exact) mass is 227 g/mol. The fourth-order valence-electron chi connectivity index (χ4n) is 1.78. The van der Waals surface area contributed by atoms with Gasteiger partial charge in [-0.05, 0) is 23.3 Å². The Hall–Kier alpha value is -2.29. The highest BCUT2D eigenvalue weighted by Gasteiger charge is 2.10. The molecule has 0 aromatic heterocycles. The number of carboxylic acid groups (broad SMARTS) is 1. The zero-order valence-electron chi connectivity index (χ0n) is 9.26. The number of hydrogen-bond donors (Lipinski definition) is 2. The number of para-hydroxylation sites is 1. The lowest BCUT2D eigenvalue weighted by Crippen LogP contribution is -2.04. The van der Waals surface area contributed by atoms with Gasteiger partial charge in [-0.3, -0.25) is 0 Å². The number of rotatable bonds is 3. The van der Waals surface area contributed by atoms with Gasteiger partial charge in [-0.25, -0.2) is 4.79 Å². The minimum absolute atomic E-state index is 0.329. The lowest BCUT2D eigenvalue weighted by atomic mass is 9.99. The van der Waals surface area contributed by atoms with Crippen molar-refractivity contribution < 1.29 is 9.90 Å². The van der Waals surface area contributed by atoms with E-state index in [-0.39, 0.29) is 0 Å². The maximum Gasteiger partial charge on any atom is 0.335 e. The second-order valence-electron chi connectivity index (χ2n) is 3.84. The number of nitrogen functional groups attached to an aromatic ring is 1. The zero-order valence-corrected chi connectivity index (χ0v) is 9.26. The van der Waals surface area contributed by atoms with E-state index in [4.69, 9.17) is 10.8 Å². The summed E-state index contributed by atoms with van der Waals surface area (Å²) >= 11 is 0. The first kappa shape index (κ1) is 11.2. The van der Waals surface area contributed by atoms with Crippen LogP contribution in [-0.4, -0.2) is 11.1 Å².